The van der Waals surface area contributed by atoms with Gasteiger partial charge < -0.3 is 15.2 Å². The fraction of sp³-hybridized carbons (Fsp3) is 0.250. The SMILES string of the molecule is COC(=O)c1ccc(NC(=O)Cn2nnnc2C)cc1O. The van der Waals surface area contributed by atoms with Crippen LogP contribution in [0, 0.1) is 6.92 Å². The van der Waals surface area contributed by atoms with Crippen molar-refractivity contribution in [3.05, 3.63) is 29.6 Å². The highest BCUT2D eigenvalue weighted by Crippen LogP contribution is 2.22. The molecule has 0 atom stereocenters. The molecular weight excluding hydrogens is 278 g/mol. The maximum absolute atomic E-state index is 11.8. The molecule has 1 aromatic heterocycles. The summed E-state index contributed by atoms with van der Waals surface area (Å²) in [6, 6.07) is 4.10. The van der Waals surface area contributed by atoms with Crippen LogP contribution < -0.4 is 5.32 Å². The van der Waals surface area contributed by atoms with Gasteiger partial charge in [0.15, 0.2) is 0 Å². The first-order valence-corrected chi connectivity index (χ1v) is 5.95. The molecule has 2 N–H and O–H groups in total. The number of aryl methyl sites for hydroxylation is 1. The van der Waals surface area contributed by atoms with E-state index in [1.165, 1.54) is 30.0 Å². The van der Waals surface area contributed by atoms with E-state index in [1.54, 1.807) is 6.92 Å². The molecule has 0 aliphatic rings. The molecule has 0 fully saturated rings. The minimum absolute atomic E-state index is 0.0202. The van der Waals surface area contributed by atoms with Crippen LogP contribution in [-0.4, -0.2) is 44.3 Å². The number of rotatable bonds is 4. The van der Waals surface area contributed by atoms with Crippen molar-refractivity contribution < 1.29 is 19.4 Å². The molecule has 0 saturated heterocycles. The highest BCUT2D eigenvalue weighted by Gasteiger charge is 2.13. The number of nitrogens with zero attached hydrogens (tertiary/aromatic N) is 4. The molecule has 0 bridgehead atoms. The topological polar surface area (TPSA) is 119 Å². The van der Waals surface area contributed by atoms with Crippen molar-refractivity contribution in [3.8, 4) is 5.75 Å². The summed E-state index contributed by atoms with van der Waals surface area (Å²) in [5.41, 5.74) is 0.364. The molecule has 1 heterocycles. The molecule has 1 aromatic carbocycles. The second-order valence-electron chi connectivity index (χ2n) is 4.16. The Bertz CT molecular complexity index is 682. The van der Waals surface area contributed by atoms with Gasteiger partial charge in [0.05, 0.1) is 7.11 Å². The molecule has 21 heavy (non-hydrogen) atoms. The van der Waals surface area contributed by atoms with Crippen molar-refractivity contribution in [3.63, 3.8) is 0 Å². The van der Waals surface area contributed by atoms with Crippen LogP contribution in [0.25, 0.3) is 0 Å². The van der Waals surface area contributed by atoms with Crippen LogP contribution in [-0.2, 0) is 16.1 Å². The van der Waals surface area contributed by atoms with Crippen LogP contribution in [0.15, 0.2) is 18.2 Å². The van der Waals surface area contributed by atoms with Gasteiger partial charge in [-0.2, -0.15) is 0 Å². The van der Waals surface area contributed by atoms with Crippen LogP contribution in [0.3, 0.4) is 0 Å². The smallest absolute Gasteiger partial charge is 0.341 e. The van der Waals surface area contributed by atoms with Crippen molar-refractivity contribution in [2.75, 3.05) is 12.4 Å². The summed E-state index contributed by atoms with van der Waals surface area (Å²) in [6.45, 7) is 1.61. The fourth-order valence-electron chi connectivity index (χ4n) is 1.62. The fourth-order valence-corrected chi connectivity index (χ4v) is 1.62. The number of carbonyl (C=O) groups excluding carboxylic acids is 2. The summed E-state index contributed by atoms with van der Waals surface area (Å²) in [5, 5.41) is 23.0. The molecule has 110 valence electrons. The van der Waals surface area contributed by atoms with E-state index >= 15 is 0 Å². The van der Waals surface area contributed by atoms with Crippen LogP contribution in [0.4, 0.5) is 5.69 Å². The number of aromatic nitrogens is 4. The number of ether oxygens (including phenoxy) is 1. The third-order valence-electron chi connectivity index (χ3n) is 2.69. The minimum Gasteiger partial charge on any atom is -0.507 e. The van der Waals surface area contributed by atoms with E-state index in [0.29, 0.717) is 11.5 Å². The highest BCUT2D eigenvalue weighted by molar-refractivity contribution is 5.95. The maximum Gasteiger partial charge on any atom is 0.341 e. The number of aromatic hydroxyl groups is 1. The summed E-state index contributed by atoms with van der Waals surface area (Å²) in [7, 11) is 1.21. The predicted octanol–water partition coefficient (Wildman–Crippen LogP) is 0.112. The number of anilines is 1. The van der Waals surface area contributed by atoms with Gasteiger partial charge in [-0.25, -0.2) is 9.48 Å². The van der Waals surface area contributed by atoms with Gasteiger partial charge >= 0.3 is 5.97 Å². The van der Waals surface area contributed by atoms with Gasteiger partial charge in [0.1, 0.15) is 23.7 Å². The third kappa shape index (κ3) is 3.32. The summed E-state index contributed by atoms with van der Waals surface area (Å²) in [4.78, 5) is 23.1. The number of esters is 1. The van der Waals surface area contributed by atoms with E-state index in [-0.39, 0.29) is 23.8 Å². The Morgan fingerprint density at radius 1 is 1.43 bits per heavy atom. The lowest BCUT2D eigenvalue weighted by molar-refractivity contribution is -0.117. The lowest BCUT2D eigenvalue weighted by Crippen LogP contribution is -2.20. The van der Waals surface area contributed by atoms with Crippen LogP contribution in [0.5, 0.6) is 5.75 Å². The monoisotopic (exact) mass is 291 g/mol. The van der Waals surface area contributed by atoms with Gasteiger partial charge in [-0.1, -0.05) is 0 Å². The number of carbonyl (C=O) groups is 2. The second-order valence-corrected chi connectivity index (χ2v) is 4.16. The highest BCUT2D eigenvalue weighted by atomic mass is 16.5. The lowest BCUT2D eigenvalue weighted by atomic mass is 10.2. The third-order valence-corrected chi connectivity index (χ3v) is 2.69. The van der Waals surface area contributed by atoms with Gasteiger partial charge in [-0.05, 0) is 29.5 Å². The number of amides is 1. The van der Waals surface area contributed by atoms with Crippen molar-refractivity contribution in [2.24, 2.45) is 0 Å². The van der Waals surface area contributed by atoms with Gasteiger partial charge in [0.25, 0.3) is 0 Å². The van der Waals surface area contributed by atoms with Crippen molar-refractivity contribution in [2.45, 2.75) is 13.5 Å². The zero-order valence-corrected chi connectivity index (χ0v) is 11.4. The Balaban J connectivity index is 2.06. The summed E-state index contributed by atoms with van der Waals surface area (Å²) in [5.74, 6) is -0.794. The molecule has 9 heteroatoms. The lowest BCUT2D eigenvalue weighted by Gasteiger charge is -2.08. The largest absolute Gasteiger partial charge is 0.507 e. The van der Waals surface area contributed by atoms with E-state index in [9.17, 15) is 14.7 Å². The van der Waals surface area contributed by atoms with Crippen LogP contribution >= 0.6 is 0 Å². The number of tetrazole rings is 1. The zero-order valence-electron chi connectivity index (χ0n) is 11.4. The summed E-state index contributed by atoms with van der Waals surface area (Å²) >= 11 is 0. The van der Waals surface area contributed by atoms with Gasteiger partial charge in [-0.3, -0.25) is 4.79 Å². The number of hydrogen-bond acceptors (Lipinski definition) is 7. The first-order valence-electron chi connectivity index (χ1n) is 5.95. The molecule has 2 rings (SSSR count). The van der Waals surface area contributed by atoms with Crippen molar-refractivity contribution in [1.29, 1.82) is 0 Å². The molecular formula is C12H13N5O4. The predicted molar refractivity (Wildman–Crippen MR) is 70.6 cm³/mol. The Kier molecular flexibility index (Phi) is 4.12. The molecule has 1 amide bonds. The first kappa shape index (κ1) is 14.4. The Hall–Kier alpha value is -2.97. The van der Waals surface area contributed by atoms with Gasteiger partial charge in [-0.15, -0.1) is 5.10 Å². The van der Waals surface area contributed by atoms with Crippen molar-refractivity contribution >= 4 is 17.6 Å². The Labute approximate surface area is 119 Å². The molecule has 2 aromatic rings. The Morgan fingerprint density at radius 3 is 2.76 bits per heavy atom. The van der Waals surface area contributed by atoms with Crippen LogP contribution in [0.1, 0.15) is 16.2 Å². The van der Waals surface area contributed by atoms with Gasteiger partial charge in [0.2, 0.25) is 5.91 Å². The molecule has 9 nitrogen and oxygen atoms in total. The van der Waals surface area contributed by atoms with E-state index in [0.717, 1.165) is 0 Å². The van der Waals surface area contributed by atoms with Crippen LogP contribution in [0.2, 0.25) is 0 Å². The molecule has 0 radical (unpaired) electrons. The number of benzene rings is 1. The maximum atomic E-state index is 11.8. The average molecular weight is 291 g/mol. The zero-order chi connectivity index (χ0) is 15.4. The second kappa shape index (κ2) is 5.99. The molecule has 0 unspecified atom stereocenters. The number of nitrogens with one attached hydrogen (secondary N) is 1. The van der Waals surface area contributed by atoms with E-state index in [1.807, 2.05) is 0 Å². The van der Waals surface area contributed by atoms with Crippen molar-refractivity contribution in [1.82, 2.24) is 20.2 Å². The minimum atomic E-state index is -0.658. The van der Waals surface area contributed by atoms with E-state index in [4.69, 9.17) is 0 Å². The molecule has 0 aliphatic heterocycles. The average Bonchev–Trinajstić information content (AvgIpc) is 2.83. The number of hydrogen-bond donors (Lipinski definition) is 2. The molecule has 0 aliphatic carbocycles. The van der Waals surface area contributed by atoms with Gasteiger partial charge in [0, 0.05) is 11.8 Å². The number of phenols is 1. The number of methoxy groups -OCH3 is 1. The Morgan fingerprint density at radius 2 is 2.19 bits per heavy atom. The first-order chi connectivity index (χ1) is 10.0. The normalized spacial score (nSPS) is 10.2. The van der Waals surface area contributed by atoms with E-state index in [2.05, 4.69) is 25.6 Å². The summed E-state index contributed by atoms with van der Waals surface area (Å²) < 4.78 is 5.84. The standard InChI is InChI=1S/C12H13N5O4/c1-7-14-15-16-17(7)6-11(19)13-8-3-4-9(10(18)5-8)12(20)21-2/h3-5,18H,6H2,1-2H3,(H,13,19). The number of phenolic OH excluding ortho intramolecular Hbond substituents is 1. The van der Waals surface area contributed by atoms with E-state index < -0.39 is 5.97 Å². The summed E-state index contributed by atoms with van der Waals surface area (Å²) in [6.07, 6.45) is 0. The molecule has 0 spiro atoms. The quantitative estimate of drug-likeness (QED) is 0.767. The molecule has 0 saturated carbocycles.